The second kappa shape index (κ2) is 8.41. The Morgan fingerprint density at radius 3 is 2.73 bits per heavy atom. The van der Waals surface area contributed by atoms with Gasteiger partial charge < -0.3 is 16.0 Å². The van der Waals surface area contributed by atoms with Crippen molar-refractivity contribution in [1.82, 2.24) is 10.6 Å². The first kappa shape index (κ1) is 16.3. The molecule has 5 heteroatoms. The molecule has 0 unspecified atom stereocenters. The Kier molecular flexibility index (Phi) is 6.25. The molecule has 0 bridgehead atoms. The molecule has 3 N–H and O–H groups in total. The zero-order valence-corrected chi connectivity index (χ0v) is 13.2. The van der Waals surface area contributed by atoms with Crippen LogP contribution < -0.4 is 16.0 Å². The molecule has 1 aliphatic rings. The maximum absolute atomic E-state index is 12.0. The molecule has 0 heterocycles. The van der Waals surface area contributed by atoms with E-state index in [9.17, 15) is 9.59 Å². The van der Waals surface area contributed by atoms with E-state index in [2.05, 4.69) is 22.9 Å². The molecule has 1 aromatic carbocycles. The molecule has 1 aromatic rings. The van der Waals surface area contributed by atoms with Gasteiger partial charge in [0.15, 0.2) is 0 Å². The van der Waals surface area contributed by atoms with Crippen LogP contribution in [0.3, 0.4) is 0 Å². The van der Waals surface area contributed by atoms with Crippen LogP contribution in [0.5, 0.6) is 0 Å². The number of benzene rings is 1. The summed E-state index contributed by atoms with van der Waals surface area (Å²) in [5.74, 6) is -0.0777. The number of carbonyl (C=O) groups is 2. The third kappa shape index (κ3) is 5.76. The van der Waals surface area contributed by atoms with Crippen LogP contribution in [0.4, 0.5) is 10.5 Å². The molecular weight excluding hydrogens is 278 g/mol. The molecule has 0 spiro atoms. The van der Waals surface area contributed by atoms with E-state index < -0.39 is 0 Å². The summed E-state index contributed by atoms with van der Waals surface area (Å²) in [5, 5.41) is 8.53. The third-order valence-corrected chi connectivity index (χ3v) is 3.61. The maximum atomic E-state index is 12.0. The van der Waals surface area contributed by atoms with Crippen LogP contribution in [-0.2, 0) is 0 Å². The van der Waals surface area contributed by atoms with E-state index in [4.69, 9.17) is 0 Å². The van der Waals surface area contributed by atoms with Crippen molar-refractivity contribution in [3.8, 4) is 0 Å². The van der Waals surface area contributed by atoms with E-state index in [0.717, 1.165) is 25.7 Å². The Balaban J connectivity index is 1.76. The maximum Gasteiger partial charge on any atom is 0.319 e. The van der Waals surface area contributed by atoms with Crippen molar-refractivity contribution in [2.75, 3.05) is 11.9 Å². The number of unbranched alkanes of at least 4 members (excludes halogenated alkanes) is 3. The van der Waals surface area contributed by atoms with Crippen molar-refractivity contribution >= 4 is 17.6 Å². The normalized spacial score (nSPS) is 13.5. The van der Waals surface area contributed by atoms with Crippen molar-refractivity contribution in [2.45, 2.75) is 51.5 Å². The fourth-order valence-electron chi connectivity index (χ4n) is 2.16. The molecule has 1 fully saturated rings. The molecule has 0 aliphatic heterocycles. The molecule has 5 nitrogen and oxygen atoms in total. The number of urea groups is 1. The SMILES string of the molecule is CCCCCCNC(=O)Nc1cccc(C(=O)NC2CC2)c1. The van der Waals surface area contributed by atoms with E-state index >= 15 is 0 Å². The number of carbonyl (C=O) groups excluding carboxylic acids is 2. The fourth-order valence-corrected chi connectivity index (χ4v) is 2.16. The topological polar surface area (TPSA) is 70.2 Å². The van der Waals surface area contributed by atoms with Crippen molar-refractivity contribution in [3.63, 3.8) is 0 Å². The van der Waals surface area contributed by atoms with Gasteiger partial charge in [0.05, 0.1) is 0 Å². The zero-order valence-electron chi connectivity index (χ0n) is 13.2. The molecule has 2 rings (SSSR count). The van der Waals surface area contributed by atoms with Gasteiger partial charge in [0.1, 0.15) is 0 Å². The molecule has 0 atom stereocenters. The lowest BCUT2D eigenvalue weighted by Crippen LogP contribution is -2.30. The summed E-state index contributed by atoms with van der Waals surface area (Å²) in [5.41, 5.74) is 1.21. The minimum absolute atomic E-state index is 0.0777. The van der Waals surface area contributed by atoms with Crippen LogP contribution >= 0.6 is 0 Å². The highest BCUT2D eigenvalue weighted by atomic mass is 16.2. The summed E-state index contributed by atoms with van der Waals surface area (Å²) in [7, 11) is 0. The van der Waals surface area contributed by atoms with Gasteiger partial charge >= 0.3 is 6.03 Å². The van der Waals surface area contributed by atoms with Crippen molar-refractivity contribution in [3.05, 3.63) is 29.8 Å². The van der Waals surface area contributed by atoms with Crippen LogP contribution in [-0.4, -0.2) is 24.5 Å². The lowest BCUT2D eigenvalue weighted by atomic mass is 10.2. The van der Waals surface area contributed by atoms with Gasteiger partial charge in [-0.3, -0.25) is 4.79 Å². The quantitative estimate of drug-likeness (QED) is 0.645. The van der Waals surface area contributed by atoms with Crippen LogP contribution in [0.25, 0.3) is 0 Å². The molecule has 0 saturated heterocycles. The van der Waals surface area contributed by atoms with Crippen LogP contribution in [0.2, 0.25) is 0 Å². The number of amides is 3. The standard InChI is InChI=1S/C17H25N3O2/c1-2-3-4-5-11-18-17(22)20-15-8-6-7-13(12-15)16(21)19-14-9-10-14/h6-8,12,14H,2-5,9-11H2,1H3,(H,19,21)(H2,18,20,22). The molecule has 22 heavy (non-hydrogen) atoms. The Labute approximate surface area is 131 Å². The predicted octanol–water partition coefficient (Wildman–Crippen LogP) is 3.28. The molecule has 0 aromatic heterocycles. The molecule has 120 valence electrons. The van der Waals surface area contributed by atoms with Gasteiger partial charge in [-0.1, -0.05) is 32.3 Å². The van der Waals surface area contributed by atoms with Gasteiger partial charge in [0.25, 0.3) is 5.91 Å². The molecule has 0 radical (unpaired) electrons. The average molecular weight is 303 g/mol. The summed E-state index contributed by atoms with van der Waals surface area (Å²) in [4.78, 5) is 23.8. The number of rotatable bonds is 8. The van der Waals surface area contributed by atoms with Gasteiger partial charge in [-0.2, -0.15) is 0 Å². The Hall–Kier alpha value is -2.04. The lowest BCUT2D eigenvalue weighted by Gasteiger charge is -2.09. The summed E-state index contributed by atoms with van der Waals surface area (Å²) in [6, 6.07) is 7.12. The fraction of sp³-hybridized carbons (Fsp3) is 0.529. The first-order valence-electron chi connectivity index (χ1n) is 8.15. The van der Waals surface area contributed by atoms with Crippen LogP contribution in [0.1, 0.15) is 55.8 Å². The molecule has 1 aliphatic carbocycles. The van der Waals surface area contributed by atoms with Crippen molar-refractivity contribution < 1.29 is 9.59 Å². The zero-order chi connectivity index (χ0) is 15.8. The first-order valence-corrected chi connectivity index (χ1v) is 8.15. The number of hydrogen-bond donors (Lipinski definition) is 3. The van der Waals surface area contributed by atoms with E-state index in [1.54, 1.807) is 24.3 Å². The summed E-state index contributed by atoms with van der Waals surface area (Å²) in [6.45, 7) is 2.83. The van der Waals surface area contributed by atoms with E-state index in [-0.39, 0.29) is 11.9 Å². The summed E-state index contributed by atoms with van der Waals surface area (Å²) in [6.07, 6.45) is 6.62. The van der Waals surface area contributed by atoms with Crippen LogP contribution in [0, 0.1) is 0 Å². The average Bonchev–Trinajstić information content (AvgIpc) is 3.31. The number of anilines is 1. The van der Waals surface area contributed by atoms with Gasteiger partial charge in [-0.15, -0.1) is 0 Å². The molecule has 1 saturated carbocycles. The van der Waals surface area contributed by atoms with Gasteiger partial charge in [-0.25, -0.2) is 4.79 Å². The third-order valence-electron chi connectivity index (χ3n) is 3.61. The summed E-state index contributed by atoms with van der Waals surface area (Å²) < 4.78 is 0. The first-order chi connectivity index (χ1) is 10.7. The number of hydrogen-bond acceptors (Lipinski definition) is 2. The van der Waals surface area contributed by atoms with Crippen molar-refractivity contribution in [1.29, 1.82) is 0 Å². The van der Waals surface area contributed by atoms with Crippen LogP contribution in [0.15, 0.2) is 24.3 Å². The second-order valence-electron chi connectivity index (χ2n) is 5.77. The monoisotopic (exact) mass is 303 g/mol. The van der Waals surface area contributed by atoms with E-state index in [0.29, 0.717) is 23.8 Å². The highest BCUT2D eigenvalue weighted by molar-refractivity contribution is 5.97. The smallest absolute Gasteiger partial charge is 0.319 e. The Morgan fingerprint density at radius 2 is 2.00 bits per heavy atom. The Bertz CT molecular complexity index is 512. The minimum Gasteiger partial charge on any atom is -0.349 e. The summed E-state index contributed by atoms with van der Waals surface area (Å²) >= 11 is 0. The highest BCUT2D eigenvalue weighted by Crippen LogP contribution is 2.20. The van der Waals surface area contributed by atoms with Gasteiger partial charge in [0, 0.05) is 23.8 Å². The minimum atomic E-state index is -0.226. The van der Waals surface area contributed by atoms with E-state index in [1.165, 1.54) is 12.8 Å². The largest absolute Gasteiger partial charge is 0.349 e. The second-order valence-corrected chi connectivity index (χ2v) is 5.77. The predicted molar refractivity (Wildman–Crippen MR) is 88.1 cm³/mol. The number of nitrogens with one attached hydrogen (secondary N) is 3. The Morgan fingerprint density at radius 1 is 1.18 bits per heavy atom. The highest BCUT2D eigenvalue weighted by Gasteiger charge is 2.23. The lowest BCUT2D eigenvalue weighted by molar-refractivity contribution is 0.0951. The van der Waals surface area contributed by atoms with E-state index in [1.807, 2.05) is 0 Å². The van der Waals surface area contributed by atoms with Gasteiger partial charge in [0.2, 0.25) is 0 Å². The van der Waals surface area contributed by atoms with Gasteiger partial charge in [-0.05, 0) is 37.5 Å². The molecular formula is C17H25N3O2. The molecule has 3 amide bonds. The van der Waals surface area contributed by atoms with Crippen molar-refractivity contribution in [2.24, 2.45) is 0 Å².